The van der Waals surface area contributed by atoms with Crippen molar-refractivity contribution in [3.8, 4) is 5.75 Å². The molecule has 0 fully saturated rings. The standard InChI is InChI=1S/C8H8N2S.C7H8O/c1-9-8-10-6-4-2-3-5-7(6)11-8;1-8-7-5-3-2-4-6-7/h2-5H,1H3,(H,9,10);2-6H,1H3. The molecule has 3 aromatic rings. The van der Waals surface area contributed by atoms with Crippen molar-refractivity contribution < 1.29 is 4.74 Å². The van der Waals surface area contributed by atoms with Crippen LogP contribution in [-0.4, -0.2) is 19.1 Å². The Morgan fingerprint density at radius 3 is 2.26 bits per heavy atom. The lowest BCUT2D eigenvalue weighted by Gasteiger charge is -1.93. The van der Waals surface area contributed by atoms with Crippen LogP contribution in [0.25, 0.3) is 10.2 Å². The second-order valence-corrected chi connectivity index (χ2v) is 4.78. The van der Waals surface area contributed by atoms with Gasteiger partial charge in [0.15, 0.2) is 5.13 Å². The van der Waals surface area contributed by atoms with Crippen LogP contribution < -0.4 is 10.1 Å². The van der Waals surface area contributed by atoms with E-state index >= 15 is 0 Å². The molecule has 0 unspecified atom stereocenters. The molecule has 0 atom stereocenters. The highest BCUT2D eigenvalue weighted by molar-refractivity contribution is 7.22. The van der Waals surface area contributed by atoms with Gasteiger partial charge in [-0.2, -0.15) is 0 Å². The molecule has 3 rings (SSSR count). The third kappa shape index (κ3) is 3.69. The number of nitrogens with zero attached hydrogens (tertiary/aromatic N) is 1. The highest BCUT2D eigenvalue weighted by Crippen LogP contribution is 2.24. The summed E-state index contributed by atoms with van der Waals surface area (Å²) >= 11 is 1.68. The molecule has 3 nitrogen and oxygen atoms in total. The first-order valence-corrected chi connectivity index (χ1v) is 6.77. The Bertz CT molecular complexity index is 589. The van der Waals surface area contributed by atoms with Gasteiger partial charge in [-0.1, -0.05) is 41.7 Å². The van der Waals surface area contributed by atoms with Gasteiger partial charge in [0.05, 0.1) is 17.3 Å². The molecule has 0 saturated carbocycles. The van der Waals surface area contributed by atoms with Crippen LogP contribution in [0.3, 0.4) is 0 Å². The second kappa shape index (κ2) is 6.75. The number of methoxy groups -OCH3 is 1. The molecule has 0 bridgehead atoms. The molecule has 0 saturated heterocycles. The summed E-state index contributed by atoms with van der Waals surface area (Å²) < 4.78 is 6.15. The van der Waals surface area contributed by atoms with Crippen molar-refractivity contribution in [1.29, 1.82) is 0 Å². The minimum Gasteiger partial charge on any atom is -0.497 e. The molecule has 2 aromatic carbocycles. The normalized spacial score (nSPS) is 9.58. The van der Waals surface area contributed by atoms with E-state index in [9.17, 15) is 0 Å². The summed E-state index contributed by atoms with van der Waals surface area (Å²) in [6, 6.07) is 17.8. The predicted octanol–water partition coefficient (Wildman–Crippen LogP) is 4.03. The number of para-hydroxylation sites is 2. The van der Waals surface area contributed by atoms with Crippen LogP contribution >= 0.6 is 11.3 Å². The molecule has 98 valence electrons. The fourth-order valence-corrected chi connectivity index (χ4v) is 2.35. The molecule has 1 heterocycles. The van der Waals surface area contributed by atoms with E-state index in [0.29, 0.717) is 0 Å². The molecule has 0 aliphatic rings. The van der Waals surface area contributed by atoms with Crippen molar-refractivity contribution in [2.75, 3.05) is 19.5 Å². The lowest BCUT2D eigenvalue weighted by molar-refractivity contribution is 0.415. The van der Waals surface area contributed by atoms with Crippen molar-refractivity contribution in [3.63, 3.8) is 0 Å². The number of nitrogens with one attached hydrogen (secondary N) is 1. The predicted molar refractivity (Wildman–Crippen MR) is 82.2 cm³/mol. The number of fused-ring (bicyclic) bond motifs is 1. The van der Waals surface area contributed by atoms with Crippen LogP contribution in [0.5, 0.6) is 5.75 Å². The minimum absolute atomic E-state index is 0.910. The van der Waals surface area contributed by atoms with Crippen LogP contribution in [0.2, 0.25) is 0 Å². The smallest absolute Gasteiger partial charge is 0.183 e. The lowest BCUT2D eigenvalue weighted by Crippen LogP contribution is -1.83. The topological polar surface area (TPSA) is 34.2 Å². The lowest BCUT2D eigenvalue weighted by atomic mass is 10.3. The maximum atomic E-state index is 4.91. The first-order valence-electron chi connectivity index (χ1n) is 5.96. The average molecular weight is 272 g/mol. The van der Waals surface area contributed by atoms with Gasteiger partial charge in [-0.15, -0.1) is 0 Å². The Kier molecular flexibility index (Phi) is 4.75. The van der Waals surface area contributed by atoms with E-state index in [1.54, 1.807) is 18.4 Å². The highest BCUT2D eigenvalue weighted by Gasteiger charge is 1.98. The number of ether oxygens (including phenoxy) is 1. The van der Waals surface area contributed by atoms with Gasteiger partial charge in [0, 0.05) is 7.05 Å². The van der Waals surface area contributed by atoms with E-state index in [2.05, 4.69) is 16.4 Å². The van der Waals surface area contributed by atoms with Crippen molar-refractivity contribution in [3.05, 3.63) is 54.6 Å². The molecular formula is C15H16N2OS. The van der Waals surface area contributed by atoms with E-state index in [0.717, 1.165) is 16.4 Å². The van der Waals surface area contributed by atoms with Gasteiger partial charge in [0.25, 0.3) is 0 Å². The highest BCUT2D eigenvalue weighted by atomic mass is 32.1. The van der Waals surface area contributed by atoms with E-state index < -0.39 is 0 Å². The number of benzene rings is 2. The molecule has 0 aliphatic heterocycles. The Balaban J connectivity index is 0.000000148. The summed E-state index contributed by atoms with van der Waals surface area (Å²) in [6.07, 6.45) is 0. The maximum absolute atomic E-state index is 4.91. The third-order valence-electron chi connectivity index (χ3n) is 2.49. The van der Waals surface area contributed by atoms with Gasteiger partial charge in [0.2, 0.25) is 0 Å². The number of anilines is 1. The Morgan fingerprint density at radius 2 is 1.68 bits per heavy atom. The molecule has 1 aromatic heterocycles. The van der Waals surface area contributed by atoms with E-state index in [-0.39, 0.29) is 0 Å². The Labute approximate surface area is 116 Å². The molecule has 1 N–H and O–H groups in total. The zero-order valence-corrected chi connectivity index (χ0v) is 11.8. The zero-order chi connectivity index (χ0) is 13.5. The zero-order valence-electron chi connectivity index (χ0n) is 11.0. The molecule has 0 aliphatic carbocycles. The largest absolute Gasteiger partial charge is 0.497 e. The summed E-state index contributed by atoms with van der Waals surface area (Å²) in [5.41, 5.74) is 1.07. The molecule has 4 heteroatoms. The summed E-state index contributed by atoms with van der Waals surface area (Å²) in [6.45, 7) is 0. The fourth-order valence-electron chi connectivity index (χ4n) is 1.54. The van der Waals surface area contributed by atoms with Crippen LogP contribution in [0.4, 0.5) is 5.13 Å². The fraction of sp³-hybridized carbons (Fsp3) is 0.133. The first kappa shape index (κ1) is 13.4. The number of aromatic nitrogens is 1. The minimum atomic E-state index is 0.910. The molecular weight excluding hydrogens is 256 g/mol. The SMILES string of the molecule is CNc1nc2ccccc2s1.COc1ccccc1. The summed E-state index contributed by atoms with van der Waals surface area (Å²) in [4.78, 5) is 4.34. The van der Waals surface area contributed by atoms with E-state index in [1.165, 1.54) is 4.70 Å². The van der Waals surface area contributed by atoms with Crippen molar-refractivity contribution >= 4 is 26.7 Å². The summed E-state index contributed by atoms with van der Waals surface area (Å²) in [5.74, 6) is 0.910. The van der Waals surface area contributed by atoms with Crippen molar-refractivity contribution in [2.45, 2.75) is 0 Å². The monoisotopic (exact) mass is 272 g/mol. The number of thiazole rings is 1. The third-order valence-corrected chi connectivity index (χ3v) is 3.54. The molecule has 19 heavy (non-hydrogen) atoms. The van der Waals surface area contributed by atoms with E-state index in [1.807, 2.05) is 55.6 Å². The van der Waals surface area contributed by atoms with Gasteiger partial charge in [-0.3, -0.25) is 0 Å². The van der Waals surface area contributed by atoms with Crippen molar-refractivity contribution in [1.82, 2.24) is 4.98 Å². The quantitative estimate of drug-likeness (QED) is 0.764. The Morgan fingerprint density at radius 1 is 1.00 bits per heavy atom. The molecule has 0 amide bonds. The first-order chi connectivity index (χ1) is 9.33. The Hall–Kier alpha value is -2.07. The van der Waals surface area contributed by atoms with Gasteiger partial charge in [-0.05, 0) is 24.3 Å². The molecule has 0 radical (unpaired) electrons. The van der Waals surface area contributed by atoms with E-state index in [4.69, 9.17) is 4.74 Å². The van der Waals surface area contributed by atoms with Crippen LogP contribution in [-0.2, 0) is 0 Å². The second-order valence-electron chi connectivity index (χ2n) is 3.75. The molecule has 0 spiro atoms. The van der Waals surface area contributed by atoms with Gasteiger partial charge in [-0.25, -0.2) is 4.98 Å². The van der Waals surface area contributed by atoms with Crippen LogP contribution in [0.15, 0.2) is 54.6 Å². The van der Waals surface area contributed by atoms with Gasteiger partial charge in [0.1, 0.15) is 5.75 Å². The van der Waals surface area contributed by atoms with Crippen LogP contribution in [0, 0.1) is 0 Å². The number of hydrogen-bond donors (Lipinski definition) is 1. The summed E-state index contributed by atoms with van der Waals surface area (Å²) in [5, 5.41) is 4.00. The average Bonchev–Trinajstić information content (AvgIpc) is 2.92. The summed E-state index contributed by atoms with van der Waals surface area (Å²) in [7, 11) is 3.55. The van der Waals surface area contributed by atoms with Gasteiger partial charge >= 0.3 is 0 Å². The number of hydrogen-bond acceptors (Lipinski definition) is 4. The van der Waals surface area contributed by atoms with Crippen molar-refractivity contribution in [2.24, 2.45) is 0 Å². The number of rotatable bonds is 2. The van der Waals surface area contributed by atoms with Crippen LogP contribution in [0.1, 0.15) is 0 Å². The van der Waals surface area contributed by atoms with Gasteiger partial charge < -0.3 is 10.1 Å². The maximum Gasteiger partial charge on any atom is 0.183 e.